The quantitative estimate of drug-likeness (QED) is 0.611. The molecule has 70 valence electrons. The summed E-state index contributed by atoms with van der Waals surface area (Å²) in [6, 6.07) is 0. The zero-order valence-electron chi connectivity index (χ0n) is 8.85. The van der Waals surface area contributed by atoms with Crippen LogP contribution in [0.3, 0.4) is 0 Å². The molecule has 0 amide bonds. The Balaban J connectivity index is 2.60. The van der Waals surface area contributed by atoms with Gasteiger partial charge in [0.05, 0.1) is 0 Å². The third-order valence-electron chi connectivity index (χ3n) is 3.34. The van der Waals surface area contributed by atoms with Crippen LogP contribution in [0.25, 0.3) is 0 Å². The minimum Gasteiger partial charge on any atom is -0.293 e. The Labute approximate surface area is 76.3 Å². The van der Waals surface area contributed by atoms with Gasteiger partial charge in [0.1, 0.15) is 0 Å². The maximum atomic E-state index is 4.65. The Morgan fingerprint density at radius 3 is 2.17 bits per heavy atom. The van der Waals surface area contributed by atoms with Gasteiger partial charge in [-0.15, -0.1) is 0 Å². The maximum Gasteiger partial charge on any atom is 0.0448 e. The molecule has 0 bridgehead atoms. The van der Waals surface area contributed by atoms with Gasteiger partial charge in [-0.05, 0) is 30.6 Å². The fraction of sp³-hybridized carbons (Fsp3) is 0.909. The van der Waals surface area contributed by atoms with Crippen molar-refractivity contribution >= 4 is 5.71 Å². The number of hydrogen-bond donors (Lipinski definition) is 0. The molecule has 1 heteroatoms. The summed E-state index contributed by atoms with van der Waals surface area (Å²) in [7, 11) is 0. The number of rotatable bonds is 3. The van der Waals surface area contributed by atoms with Gasteiger partial charge in [0, 0.05) is 12.3 Å². The van der Waals surface area contributed by atoms with E-state index in [1.807, 2.05) is 0 Å². The summed E-state index contributed by atoms with van der Waals surface area (Å²) in [5.41, 5.74) is 1.97. The smallest absolute Gasteiger partial charge is 0.0448 e. The van der Waals surface area contributed by atoms with Crippen molar-refractivity contribution in [2.45, 2.75) is 47.0 Å². The van der Waals surface area contributed by atoms with Crippen LogP contribution in [-0.2, 0) is 0 Å². The highest BCUT2D eigenvalue weighted by Crippen LogP contribution is 2.37. The first-order valence-electron chi connectivity index (χ1n) is 5.17. The van der Waals surface area contributed by atoms with Gasteiger partial charge in [0.15, 0.2) is 0 Å². The Morgan fingerprint density at radius 2 is 1.92 bits per heavy atom. The molecular formula is C11H21N. The molecule has 0 spiro atoms. The van der Waals surface area contributed by atoms with E-state index in [-0.39, 0.29) is 0 Å². The van der Waals surface area contributed by atoms with Crippen molar-refractivity contribution in [2.75, 3.05) is 6.54 Å². The predicted octanol–water partition coefficient (Wildman–Crippen LogP) is 3.29. The lowest BCUT2D eigenvalue weighted by Gasteiger charge is -2.24. The van der Waals surface area contributed by atoms with E-state index in [9.17, 15) is 0 Å². The summed E-state index contributed by atoms with van der Waals surface area (Å²) in [6.07, 6.45) is 3.81. The van der Waals surface area contributed by atoms with E-state index in [1.54, 1.807) is 0 Å². The maximum absolute atomic E-state index is 4.65. The van der Waals surface area contributed by atoms with Gasteiger partial charge < -0.3 is 0 Å². The van der Waals surface area contributed by atoms with E-state index >= 15 is 0 Å². The highest BCUT2D eigenvalue weighted by Gasteiger charge is 2.32. The molecule has 0 aromatic carbocycles. The molecule has 0 aliphatic carbocycles. The summed E-state index contributed by atoms with van der Waals surface area (Å²) >= 11 is 0. The predicted molar refractivity (Wildman–Crippen MR) is 54.8 cm³/mol. The molecule has 0 N–H and O–H groups in total. The summed E-state index contributed by atoms with van der Waals surface area (Å²) in [5, 5.41) is 0. The molecule has 0 unspecified atom stereocenters. The van der Waals surface area contributed by atoms with E-state index < -0.39 is 0 Å². The molecule has 0 radical (unpaired) electrons. The first kappa shape index (κ1) is 9.76. The van der Waals surface area contributed by atoms with Gasteiger partial charge in [-0.3, -0.25) is 4.99 Å². The van der Waals surface area contributed by atoms with Gasteiger partial charge in [-0.25, -0.2) is 0 Å². The van der Waals surface area contributed by atoms with Gasteiger partial charge >= 0.3 is 0 Å². The van der Waals surface area contributed by atoms with E-state index in [0.717, 1.165) is 6.54 Å². The lowest BCUT2D eigenvalue weighted by atomic mass is 9.79. The van der Waals surface area contributed by atoms with Crippen LogP contribution < -0.4 is 0 Å². The highest BCUT2D eigenvalue weighted by atomic mass is 14.8. The minimum atomic E-state index is 0.527. The molecule has 1 aliphatic heterocycles. The van der Waals surface area contributed by atoms with Crippen molar-refractivity contribution in [2.24, 2.45) is 16.3 Å². The third-order valence-corrected chi connectivity index (χ3v) is 3.34. The van der Waals surface area contributed by atoms with Crippen LogP contribution in [0.4, 0.5) is 0 Å². The summed E-state index contributed by atoms with van der Waals surface area (Å²) in [4.78, 5) is 4.65. The second-order valence-electron chi connectivity index (χ2n) is 4.35. The largest absolute Gasteiger partial charge is 0.293 e. The van der Waals surface area contributed by atoms with Crippen molar-refractivity contribution in [3.05, 3.63) is 0 Å². The fourth-order valence-electron chi connectivity index (χ4n) is 1.88. The average molecular weight is 167 g/mol. The molecule has 0 aromatic rings. The molecule has 1 heterocycles. The Hall–Kier alpha value is -0.330. The number of nitrogens with zero attached hydrogens (tertiary/aromatic N) is 1. The Bertz CT molecular complexity index is 175. The average Bonchev–Trinajstić information content (AvgIpc) is 2.49. The molecule has 1 rings (SSSR count). The van der Waals surface area contributed by atoms with Crippen molar-refractivity contribution < 1.29 is 0 Å². The number of aliphatic imine (C=N–C) groups is 1. The standard InChI is InChI=1S/C11H21N/c1-5-11(6-2)7-10(9(3)4)12-8-11/h9H,5-8H2,1-4H3. The van der Waals surface area contributed by atoms with Crippen LogP contribution in [0.1, 0.15) is 47.0 Å². The van der Waals surface area contributed by atoms with Gasteiger partial charge in [0.25, 0.3) is 0 Å². The monoisotopic (exact) mass is 167 g/mol. The van der Waals surface area contributed by atoms with Crippen molar-refractivity contribution in [1.82, 2.24) is 0 Å². The normalized spacial score (nSPS) is 21.6. The first-order chi connectivity index (χ1) is 5.63. The van der Waals surface area contributed by atoms with E-state index in [4.69, 9.17) is 0 Å². The van der Waals surface area contributed by atoms with Crippen LogP contribution in [0, 0.1) is 11.3 Å². The number of hydrogen-bond acceptors (Lipinski definition) is 1. The van der Waals surface area contributed by atoms with Crippen molar-refractivity contribution in [3.63, 3.8) is 0 Å². The lowest BCUT2D eigenvalue weighted by molar-refractivity contribution is 0.304. The Morgan fingerprint density at radius 1 is 1.33 bits per heavy atom. The van der Waals surface area contributed by atoms with Crippen molar-refractivity contribution in [3.8, 4) is 0 Å². The Kier molecular flexibility index (Phi) is 2.92. The first-order valence-corrected chi connectivity index (χ1v) is 5.17. The third kappa shape index (κ3) is 1.70. The molecule has 1 nitrogen and oxygen atoms in total. The zero-order valence-corrected chi connectivity index (χ0v) is 8.85. The topological polar surface area (TPSA) is 12.4 Å². The molecule has 0 aromatic heterocycles. The van der Waals surface area contributed by atoms with Gasteiger partial charge in [0.2, 0.25) is 0 Å². The van der Waals surface area contributed by atoms with E-state index in [1.165, 1.54) is 25.0 Å². The van der Waals surface area contributed by atoms with Crippen LogP contribution in [0.15, 0.2) is 4.99 Å². The molecule has 1 aliphatic rings. The fourth-order valence-corrected chi connectivity index (χ4v) is 1.88. The summed E-state index contributed by atoms with van der Waals surface area (Å²) < 4.78 is 0. The van der Waals surface area contributed by atoms with Crippen molar-refractivity contribution in [1.29, 1.82) is 0 Å². The van der Waals surface area contributed by atoms with E-state index in [2.05, 4.69) is 32.7 Å². The minimum absolute atomic E-state index is 0.527. The van der Waals surface area contributed by atoms with Crippen LogP contribution >= 0.6 is 0 Å². The summed E-state index contributed by atoms with van der Waals surface area (Å²) in [5.74, 6) is 0.657. The SMILES string of the molecule is CCC1(CC)CN=C(C(C)C)C1. The second kappa shape index (κ2) is 3.59. The van der Waals surface area contributed by atoms with Gasteiger partial charge in [-0.2, -0.15) is 0 Å². The van der Waals surface area contributed by atoms with E-state index in [0.29, 0.717) is 11.3 Å². The zero-order chi connectivity index (χ0) is 9.19. The molecule has 0 saturated heterocycles. The van der Waals surface area contributed by atoms with Gasteiger partial charge in [-0.1, -0.05) is 27.7 Å². The second-order valence-corrected chi connectivity index (χ2v) is 4.35. The molecule has 0 atom stereocenters. The highest BCUT2D eigenvalue weighted by molar-refractivity contribution is 5.88. The molecular weight excluding hydrogens is 146 g/mol. The molecule has 0 saturated carbocycles. The van der Waals surface area contributed by atoms with Crippen LogP contribution in [-0.4, -0.2) is 12.3 Å². The molecule has 12 heavy (non-hydrogen) atoms. The lowest BCUT2D eigenvalue weighted by Crippen LogP contribution is -2.21. The van der Waals surface area contributed by atoms with Crippen LogP contribution in [0.2, 0.25) is 0 Å². The summed E-state index contributed by atoms with van der Waals surface area (Å²) in [6.45, 7) is 10.2. The van der Waals surface area contributed by atoms with Crippen LogP contribution in [0.5, 0.6) is 0 Å². The molecule has 0 fully saturated rings.